The Morgan fingerprint density at radius 2 is 2.21 bits per heavy atom. The van der Waals surface area contributed by atoms with Gasteiger partial charge in [0.15, 0.2) is 5.13 Å². The van der Waals surface area contributed by atoms with Crippen molar-refractivity contribution in [3.05, 3.63) is 10.6 Å². The van der Waals surface area contributed by atoms with E-state index in [0.717, 1.165) is 30.2 Å². The van der Waals surface area contributed by atoms with Gasteiger partial charge in [-0.1, -0.05) is 13.8 Å². The molecule has 3 rings (SSSR count). The first-order chi connectivity index (χ1) is 9.06. The van der Waals surface area contributed by atoms with E-state index in [4.69, 9.17) is 0 Å². The molecule has 1 aromatic heterocycles. The van der Waals surface area contributed by atoms with Crippen LogP contribution in [-0.2, 0) is 11.2 Å². The quantitative estimate of drug-likeness (QED) is 0.901. The Kier molecular flexibility index (Phi) is 3.25. The molecule has 104 valence electrons. The van der Waals surface area contributed by atoms with E-state index in [0.29, 0.717) is 12.0 Å². The molecule has 1 heterocycles. The molecule has 1 atom stereocenters. The molecule has 1 aromatic rings. The second kappa shape index (κ2) is 4.78. The highest BCUT2D eigenvalue weighted by molar-refractivity contribution is 7.15. The minimum Gasteiger partial charge on any atom is -0.481 e. The SMILES string of the molecule is CC(C)CN(c1nc2c(s1)CCC2C(=O)O)C1CC1. The highest BCUT2D eigenvalue weighted by atomic mass is 32.1. The van der Waals surface area contributed by atoms with Crippen molar-refractivity contribution in [2.24, 2.45) is 5.92 Å². The summed E-state index contributed by atoms with van der Waals surface area (Å²) in [6, 6.07) is 0.636. The Morgan fingerprint density at radius 1 is 1.47 bits per heavy atom. The number of carbonyl (C=O) groups is 1. The highest BCUT2D eigenvalue weighted by Gasteiger charge is 2.36. The predicted octanol–water partition coefficient (Wildman–Crippen LogP) is 2.88. The van der Waals surface area contributed by atoms with Gasteiger partial charge in [-0.3, -0.25) is 4.79 Å². The van der Waals surface area contributed by atoms with Crippen LogP contribution >= 0.6 is 11.3 Å². The number of anilines is 1. The molecule has 1 fully saturated rings. The van der Waals surface area contributed by atoms with Crippen LogP contribution in [0.25, 0.3) is 0 Å². The van der Waals surface area contributed by atoms with Crippen molar-refractivity contribution in [1.82, 2.24) is 4.98 Å². The Bertz CT molecular complexity index is 494. The summed E-state index contributed by atoms with van der Waals surface area (Å²) in [5.74, 6) is -0.493. The van der Waals surface area contributed by atoms with Crippen LogP contribution in [0.2, 0.25) is 0 Å². The van der Waals surface area contributed by atoms with Gasteiger partial charge in [-0.15, -0.1) is 11.3 Å². The first-order valence-electron chi connectivity index (χ1n) is 7.05. The standard InChI is InChI=1S/C14H20N2O2S/c1-8(2)7-16(9-3-4-9)14-15-12-10(13(17)18)5-6-11(12)19-14/h8-10H,3-7H2,1-2H3,(H,17,18). The van der Waals surface area contributed by atoms with Crippen molar-refractivity contribution in [3.8, 4) is 0 Å². The number of carboxylic acids is 1. The summed E-state index contributed by atoms with van der Waals surface area (Å²) in [4.78, 5) is 19.5. The van der Waals surface area contributed by atoms with E-state index in [9.17, 15) is 9.90 Å². The van der Waals surface area contributed by atoms with Gasteiger partial charge in [0, 0.05) is 17.5 Å². The van der Waals surface area contributed by atoms with Gasteiger partial charge >= 0.3 is 5.97 Å². The van der Waals surface area contributed by atoms with Crippen molar-refractivity contribution in [2.75, 3.05) is 11.4 Å². The topological polar surface area (TPSA) is 53.4 Å². The number of aromatic nitrogens is 1. The lowest BCUT2D eigenvalue weighted by Crippen LogP contribution is -2.29. The van der Waals surface area contributed by atoms with E-state index in [1.807, 2.05) is 0 Å². The van der Waals surface area contributed by atoms with Crippen molar-refractivity contribution in [1.29, 1.82) is 0 Å². The van der Waals surface area contributed by atoms with Gasteiger partial charge in [-0.05, 0) is 31.6 Å². The molecular weight excluding hydrogens is 260 g/mol. The van der Waals surface area contributed by atoms with Crippen molar-refractivity contribution in [3.63, 3.8) is 0 Å². The van der Waals surface area contributed by atoms with Gasteiger partial charge in [0.05, 0.1) is 5.69 Å². The molecule has 5 heteroatoms. The number of aliphatic carboxylic acids is 1. The van der Waals surface area contributed by atoms with E-state index >= 15 is 0 Å². The largest absolute Gasteiger partial charge is 0.481 e. The Morgan fingerprint density at radius 3 is 2.79 bits per heavy atom. The summed E-state index contributed by atoms with van der Waals surface area (Å²) < 4.78 is 0. The third-order valence-electron chi connectivity index (χ3n) is 3.80. The molecule has 1 saturated carbocycles. The molecule has 0 spiro atoms. The maximum absolute atomic E-state index is 11.2. The molecule has 0 radical (unpaired) electrons. The summed E-state index contributed by atoms with van der Waals surface area (Å²) in [7, 11) is 0. The maximum atomic E-state index is 11.2. The average molecular weight is 280 g/mol. The number of carboxylic acid groups (broad SMARTS) is 1. The minimum absolute atomic E-state index is 0.375. The zero-order valence-corrected chi connectivity index (χ0v) is 12.2. The predicted molar refractivity (Wildman–Crippen MR) is 76.0 cm³/mol. The Hall–Kier alpha value is -1.10. The van der Waals surface area contributed by atoms with Crippen LogP contribution in [0, 0.1) is 5.92 Å². The molecule has 1 unspecified atom stereocenters. The fourth-order valence-electron chi connectivity index (χ4n) is 2.74. The second-order valence-electron chi connectivity index (χ2n) is 6.01. The Labute approximate surface area is 117 Å². The van der Waals surface area contributed by atoms with E-state index in [-0.39, 0.29) is 5.92 Å². The fraction of sp³-hybridized carbons (Fsp3) is 0.714. The molecule has 4 nitrogen and oxygen atoms in total. The summed E-state index contributed by atoms with van der Waals surface area (Å²) in [5.41, 5.74) is 0.835. The molecule has 0 amide bonds. The van der Waals surface area contributed by atoms with Gasteiger partial charge in [-0.2, -0.15) is 0 Å². The van der Waals surface area contributed by atoms with E-state index in [1.54, 1.807) is 11.3 Å². The van der Waals surface area contributed by atoms with E-state index < -0.39 is 5.97 Å². The summed E-state index contributed by atoms with van der Waals surface area (Å²) >= 11 is 1.71. The summed E-state index contributed by atoms with van der Waals surface area (Å²) in [6.45, 7) is 5.46. The van der Waals surface area contributed by atoms with Crippen LogP contribution in [0.1, 0.15) is 49.6 Å². The third-order valence-corrected chi connectivity index (χ3v) is 4.97. The van der Waals surface area contributed by atoms with Crippen LogP contribution < -0.4 is 4.90 Å². The first-order valence-corrected chi connectivity index (χ1v) is 7.87. The van der Waals surface area contributed by atoms with Crippen molar-refractivity contribution < 1.29 is 9.90 Å². The van der Waals surface area contributed by atoms with Crippen molar-refractivity contribution in [2.45, 2.75) is 51.5 Å². The summed E-state index contributed by atoms with van der Waals surface area (Å²) in [5, 5.41) is 10.3. The van der Waals surface area contributed by atoms with Crippen LogP contribution in [-0.4, -0.2) is 28.6 Å². The average Bonchev–Trinajstić information content (AvgIpc) is 2.94. The molecule has 0 aromatic carbocycles. The van der Waals surface area contributed by atoms with Crippen LogP contribution in [0.5, 0.6) is 0 Å². The van der Waals surface area contributed by atoms with Crippen LogP contribution in [0.3, 0.4) is 0 Å². The highest BCUT2D eigenvalue weighted by Crippen LogP contribution is 2.42. The van der Waals surface area contributed by atoms with Gasteiger partial charge in [0.25, 0.3) is 0 Å². The number of hydrogen-bond donors (Lipinski definition) is 1. The lowest BCUT2D eigenvalue weighted by Gasteiger charge is -2.23. The smallest absolute Gasteiger partial charge is 0.312 e. The monoisotopic (exact) mass is 280 g/mol. The normalized spacial score (nSPS) is 21.7. The zero-order chi connectivity index (χ0) is 13.6. The first kappa shape index (κ1) is 12.9. The molecule has 1 N–H and O–H groups in total. The number of fused-ring (bicyclic) bond motifs is 1. The lowest BCUT2D eigenvalue weighted by atomic mass is 10.1. The molecule has 19 heavy (non-hydrogen) atoms. The number of aryl methyl sites for hydroxylation is 1. The zero-order valence-electron chi connectivity index (χ0n) is 11.4. The van der Waals surface area contributed by atoms with Crippen LogP contribution in [0.4, 0.5) is 5.13 Å². The molecule has 2 aliphatic rings. The van der Waals surface area contributed by atoms with Gasteiger partial charge in [0.1, 0.15) is 5.92 Å². The minimum atomic E-state index is -0.725. The fourth-order valence-corrected chi connectivity index (χ4v) is 3.96. The van der Waals surface area contributed by atoms with Gasteiger partial charge in [0.2, 0.25) is 0 Å². The van der Waals surface area contributed by atoms with E-state index in [2.05, 4.69) is 23.7 Å². The number of nitrogens with zero attached hydrogens (tertiary/aromatic N) is 2. The van der Waals surface area contributed by atoms with Crippen LogP contribution in [0.15, 0.2) is 0 Å². The molecule has 0 saturated heterocycles. The van der Waals surface area contributed by atoms with E-state index in [1.165, 1.54) is 17.7 Å². The molecule has 0 bridgehead atoms. The number of hydrogen-bond acceptors (Lipinski definition) is 4. The molecular formula is C14H20N2O2S. The lowest BCUT2D eigenvalue weighted by molar-refractivity contribution is -0.138. The van der Waals surface area contributed by atoms with Crippen molar-refractivity contribution >= 4 is 22.4 Å². The number of rotatable bonds is 5. The summed E-state index contributed by atoms with van der Waals surface area (Å²) in [6.07, 6.45) is 4.10. The van der Waals surface area contributed by atoms with Gasteiger partial charge in [-0.25, -0.2) is 4.98 Å². The maximum Gasteiger partial charge on any atom is 0.312 e. The molecule has 0 aliphatic heterocycles. The molecule has 2 aliphatic carbocycles. The second-order valence-corrected chi connectivity index (χ2v) is 7.07. The van der Waals surface area contributed by atoms with Gasteiger partial charge < -0.3 is 10.0 Å². The third kappa shape index (κ3) is 2.48. The number of thiazole rings is 1. The Balaban J connectivity index is 1.85.